The minimum Gasteiger partial charge on any atom is -0.381 e. The van der Waals surface area contributed by atoms with E-state index in [2.05, 4.69) is 17.6 Å². The fraction of sp³-hybridized carbons (Fsp3) is 0.650. The second-order valence-corrected chi connectivity index (χ2v) is 8.64. The van der Waals surface area contributed by atoms with Crippen LogP contribution in [0.5, 0.6) is 0 Å². The van der Waals surface area contributed by atoms with Gasteiger partial charge in [0.1, 0.15) is 0 Å². The third kappa shape index (κ3) is 8.16. The van der Waals surface area contributed by atoms with Crippen molar-refractivity contribution in [2.45, 2.75) is 50.6 Å². The summed E-state index contributed by atoms with van der Waals surface area (Å²) in [5.41, 5.74) is -0.0646. The number of nitrogens with one attached hydrogen (secondary N) is 2. The van der Waals surface area contributed by atoms with Gasteiger partial charge in [0.25, 0.3) is 0 Å². The number of alkyl halides is 3. The summed E-state index contributed by atoms with van der Waals surface area (Å²) in [6.45, 7) is 8.77. The second-order valence-electron chi connectivity index (χ2n) is 6.91. The van der Waals surface area contributed by atoms with Gasteiger partial charge in [-0.1, -0.05) is 19.1 Å². The van der Waals surface area contributed by atoms with Crippen LogP contribution in [0.25, 0.3) is 0 Å². The van der Waals surface area contributed by atoms with Crippen molar-refractivity contribution < 1.29 is 17.9 Å². The molecule has 0 aliphatic carbocycles. The van der Waals surface area contributed by atoms with Crippen LogP contribution in [0.3, 0.4) is 0 Å². The maximum absolute atomic E-state index is 13.0. The van der Waals surface area contributed by atoms with E-state index in [1.165, 1.54) is 12.1 Å². The first-order valence-corrected chi connectivity index (χ1v) is 10.7. The van der Waals surface area contributed by atoms with Crippen molar-refractivity contribution in [3.8, 4) is 0 Å². The Morgan fingerprint density at radius 2 is 1.97 bits per heavy atom. The van der Waals surface area contributed by atoms with Crippen molar-refractivity contribution in [1.29, 1.82) is 0 Å². The molecule has 1 heterocycles. The van der Waals surface area contributed by atoms with Gasteiger partial charge in [-0.2, -0.15) is 24.9 Å². The SMILES string of the molecule is CCNC(=NCC1(SCC)CCOCC1)NC(C)c1cccc(C(F)(F)F)c1.I. The van der Waals surface area contributed by atoms with Crippen molar-refractivity contribution in [2.24, 2.45) is 4.99 Å². The van der Waals surface area contributed by atoms with Gasteiger partial charge in [0.15, 0.2) is 5.96 Å². The molecule has 0 amide bonds. The van der Waals surface area contributed by atoms with E-state index in [1.54, 1.807) is 6.07 Å². The average Bonchev–Trinajstić information content (AvgIpc) is 2.67. The molecule has 0 saturated carbocycles. The summed E-state index contributed by atoms with van der Waals surface area (Å²) in [4.78, 5) is 4.76. The lowest BCUT2D eigenvalue weighted by molar-refractivity contribution is -0.137. The van der Waals surface area contributed by atoms with Gasteiger partial charge in [0.2, 0.25) is 0 Å². The lowest BCUT2D eigenvalue weighted by Crippen LogP contribution is -2.42. The van der Waals surface area contributed by atoms with Crippen LogP contribution < -0.4 is 10.6 Å². The van der Waals surface area contributed by atoms with Gasteiger partial charge >= 0.3 is 6.18 Å². The fourth-order valence-corrected chi connectivity index (χ4v) is 4.44. The lowest BCUT2D eigenvalue weighted by Gasteiger charge is -2.35. The van der Waals surface area contributed by atoms with E-state index in [9.17, 15) is 13.2 Å². The molecule has 0 radical (unpaired) electrons. The summed E-state index contributed by atoms with van der Waals surface area (Å²) < 4.78 is 44.5. The molecule has 9 heteroatoms. The Kier molecular flexibility index (Phi) is 11.1. The molecule has 0 aromatic heterocycles. The summed E-state index contributed by atoms with van der Waals surface area (Å²) in [6, 6.07) is 5.11. The summed E-state index contributed by atoms with van der Waals surface area (Å²) in [7, 11) is 0. The van der Waals surface area contributed by atoms with Crippen LogP contribution in [0.1, 0.15) is 50.8 Å². The Balaban J connectivity index is 0.00000420. The Labute approximate surface area is 192 Å². The van der Waals surface area contributed by atoms with Crippen LogP contribution >= 0.6 is 35.7 Å². The van der Waals surface area contributed by atoms with Gasteiger partial charge in [-0.15, -0.1) is 24.0 Å². The van der Waals surface area contributed by atoms with E-state index >= 15 is 0 Å². The number of thioether (sulfide) groups is 1. The van der Waals surface area contributed by atoms with E-state index in [4.69, 9.17) is 9.73 Å². The molecule has 1 atom stereocenters. The van der Waals surface area contributed by atoms with E-state index in [0.29, 0.717) is 24.6 Å². The van der Waals surface area contributed by atoms with E-state index in [-0.39, 0.29) is 34.8 Å². The smallest absolute Gasteiger partial charge is 0.381 e. The molecule has 0 bridgehead atoms. The zero-order valence-corrected chi connectivity index (χ0v) is 20.3. The van der Waals surface area contributed by atoms with Gasteiger partial charge in [0, 0.05) is 24.5 Å². The highest BCUT2D eigenvalue weighted by atomic mass is 127. The number of guanidine groups is 1. The normalized spacial score (nSPS) is 17.9. The van der Waals surface area contributed by atoms with Crippen LogP contribution in [0.2, 0.25) is 0 Å². The molecule has 1 saturated heterocycles. The molecule has 1 aromatic carbocycles. The summed E-state index contributed by atoms with van der Waals surface area (Å²) in [5.74, 6) is 1.63. The molecule has 29 heavy (non-hydrogen) atoms. The number of hydrogen-bond acceptors (Lipinski definition) is 3. The molecule has 2 N–H and O–H groups in total. The highest BCUT2D eigenvalue weighted by Gasteiger charge is 2.33. The number of benzene rings is 1. The molecule has 1 aromatic rings. The summed E-state index contributed by atoms with van der Waals surface area (Å²) >= 11 is 1.91. The van der Waals surface area contributed by atoms with Crippen molar-refractivity contribution in [3.63, 3.8) is 0 Å². The maximum Gasteiger partial charge on any atom is 0.416 e. The van der Waals surface area contributed by atoms with Crippen LogP contribution in [0, 0.1) is 0 Å². The second kappa shape index (κ2) is 12.2. The number of nitrogens with zero attached hydrogens (tertiary/aromatic N) is 1. The quantitative estimate of drug-likeness (QED) is 0.280. The Morgan fingerprint density at radius 3 is 2.55 bits per heavy atom. The van der Waals surface area contributed by atoms with Crippen LogP contribution in [-0.4, -0.2) is 42.8 Å². The van der Waals surface area contributed by atoms with Crippen LogP contribution in [0.15, 0.2) is 29.3 Å². The van der Waals surface area contributed by atoms with Crippen LogP contribution in [-0.2, 0) is 10.9 Å². The minimum absolute atomic E-state index is 0. The summed E-state index contributed by atoms with van der Waals surface area (Å²) in [6.07, 6.45) is -2.43. The minimum atomic E-state index is -4.35. The predicted molar refractivity (Wildman–Crippen MR) is 125 cm³/mol. The van der Waals surface area contributed by atoms with Crippen molar-refractivity contribution >= 4 is 41.7 Å². The molecular formula is C20H31F3IN3OS. The predicted octanol–water partition coefficient (Wildman–Crippen LogP) is 5.24. The van der Waals surface area contributed by atoms with E-state index in [0.717, 1.165) is 37.9 Å². The van der Waals surface area contributed by atoms with Crippen molar-refractivity contribution in [2.75, 3.05) is 32.1 Å². The number of hydrogen-bond donors (Lipinski definition) is 2. The molecule has 0 spiro atoms. The highest BCUT2D eigenvalue weighted by Crippen LogP contribution is 2.36. The Morgan fingerprint density at radius 1 is 1.28 bits per heavy atom. The first kappa shape index (κ1) is 26.4. The number of halogens is 4. The van der Waals surface area contributed by atoms with E-state index < -0.39 is 11.7 Å². The largest absolute Gasteiger partial charge is 0.416 e. The molecule has 1 fully saturated rings. The molecule has 1 aliphatic heterocycles. The molecular weight excluding hydrogens is 514 g/mol. The first-order chi connectivity index (χ1) is 13.3. The molecule has 2 rings (SSSR count). The van der Waals surface area contributed by atoms with E-state index in [1.807, 2.05) is 25.6 Å². The van der Waals surface area contributed by atoms with Crippen LogP contribution in [0.4, 0.5) is 13.2 Å². The average molecular weight is 545 g/mol. The monoisotopic (exact) mass is 545 g/mol. The van der Waals surface area contributed by atoms with Gasteiger partial charge in [0.05, 0.1) is 18.2 Å². The lowest BCUT2D eigenvalue weighted by atomic mass is 9.99. The zero-order valence-electron chi connectivity index (χ0n) is 17.1. The molecule has 166 valence electrons. The number of rotatable bonds is 7. The van der Waals surface area contributed by atoms with Gasteiger partial charge in [-0.05, 0) is 50.1 Å². The molecule has 1 aliphatic rings. The third-order valence-electron chi connectivity index (χ3n) is 4.79. The van der Waals surface area contributed by atoms with Gasteiger partial charge in [-0.25, -0.2) is 0 Å². The topological polar surface area (TPSA) is 45.7 Å². The molecule has 4 nitrogen and oxygen atoms in total. The van der Waals surface area contributed by atoms with Gasteiger partial charge in [-0.3, -0.25) is 4.99 Å². The van der Waals surface area contributed by atoms with Crippen molar-refractivity contribution in [3.05, 3.63) is 35.4 Å². The van der Waals surface area contributed by atoms with Crippen molar-refractivity contribution in [1.82, 2.24) is 10.6 Å². The zero-order chi connectivity index (χ0) is 20.6. The number of aliphatic imine (C=N–C) groups is 1. The third-order valence-corrected chi connectivity index (χ3v) is 6.23. The highest BCUT2D eigenvalue weighted by molar-refractivity contribution is 14.0. The fourth-order valence-electron chi connectivity index (χ4n) is 3.21. The Hall–Kier alpha value is -0.680. The Bertz CT molecular complexity index is 647. The first-order valence-electron chi connectivity index (χ1n) is 9.73. The summed E-state index contributed by atoms with van der Waals surface area (Å²) in [5, 5.41) is 6.45. The standard InChI is InChI=1S/C20H30F3N3OS.HI/c1-4-24-18(25-14-19(28-5-2)9-11-27-12-10-19)26-15(3)16-7-6-8-17(13-16)20(21,22)23;/h6-8,13,15H,4-5,9-12,14H2,1-3H3,(H2,24,25,26);1H. The maximum atomic E-state index is 13.0. The molecule has 1 unspecified atom stereocenters. The number of ether oxygens (including phenoxy) is 1. The van der Waals surface area contributed by atoms with Gasteiger partial charge < -0.3 is 15.4 Å².